The van der Waals surface area contributed by atoms with Crippen LogP contribution in [0.1, 0.15) is 6.92 Å². The first-order valence-electron chi connectivity index (χ1n) is 4.86. The van der Waals surface area contributed by atoms with Crippen LogP contribution in [-0.2, 0) is 4.79 Å². The number of aliphatic carboxylic acids is 1. The van der Waals surface area contributed by atoms with Crippen LogP contribution in [0.2, 0.25) is 0 Å². The second-order valence-electron chi connectivity index (χ2n) is 3.51. The zero-order valence-electron chi connectivity index (χ0n) is 9.49. The lowest BCUT2D eigenvalue weighted by Gasteiger charge is -2.11. The van der Waals surface area contributed by atoms with Gasteiger partial charge >= 0.3 is 17.3 Å². The molecule has 1 atom stereocenters. The predicted molar refractivity (Wildman–Crippen MR) is 60.4 cm³/mol. The minimum absolute atomic E-state index is 0.442. The summed E-state index contributed by atoms with van der Waals surface area (Å²) in [5, 5.41) is 32.0. The van der Waals surface area contributed by atoms with Crippen molar-refractivity contribution in [3.05, 3.63) is 38.2 Å². The normalized spacial score (nSPS) is 11.7. The van der Waals surface area contributed by atoms with Gasteiger partial charge in [0.25, 0.3) is 5.82 Å². The number of carbonyl (C=O) groups is 1. The van der Waals surface area contributed by atoms with E-state index in [1.807, 2.05) is 0 Å². The molecule has 0 amide bonds. The molecule has 9 nitrogen and oxygen atoms in total. The maximum absolute atomic E-state index is 13.6. The van der Waals surface area contributed by atoms with E-state index in [2.05, 4.69) is 5.32 Å². The molecule has 0 unspecified atom stereocenters. The Bertz CT molecular complexity index is 561. The van der Waals surface area contributed by atoms with Crippen LogP contribution in [0.3, 0.4) is 0 Å². The van der Waals surface area contributed by atoms with Crippen molar-refractivity contribution in [1.82, 2.24) is 0 Å². The summed E-state index contributed by atoms with van der Waals surface area (Å²) in [6, 6.07) is 0.387. The Kier molecular flexibility index (Phi) is 3.94. The van der Waals surface area contributed by atoms with Crippen molar-refractivity contribution in [2.45, 2.75) is 13.0 Å². The average molecular weight is 273 g/mol. The maximum Gasteiger partial charge on any atom is 0.334 e. The van der Waals surface area contributed by atoms with E-state index in [0.29, 0.717) is 0 Å². The van der Waals surface area contributed by atoms with Gasteiger partial charge in [-0.25, -0.2) is 0 Å². The molecular formula is C9H8FN3O6. The quantitative estimate of drug-likeness (QED) is 0.613. The summed E-state index contributed by atoms with van der Waals surface area (Å²) in [5.41, 5.74) is -2.66. The monoisotopic (exact) mass is 273 g/mol. The maximum atomic E-state index is 13.6. The van der Waals surface area contributed by atoms with Crippen LogP contribution in [-0.4, -0.2) is 27.0 Å². The van der Waals surface area contributed by atoms with Crippen LogP contribution >= 0.6 is 0 Å². The number of nitrogens with one attached hydrogen (secondary N) is 1. The van der Waals surface area contributed by atoms with Gasteiger partial charge in [0.2, 0.25) is 0 Å². The largest absolute Gasteiger partial charge is 0.480 e. The molecule has 0 spiro atoms. The topological polar surface area (TPSA) is 136 Å². The fraction of sp³-hybridized carbons (Fsp3) is 0.222. The van der Waals surface area contributed by atoms with Gasteiger partial charge in [0.1, 0.15) is 11.7 Å². The number of nitrogens with zero attached hydrogens (tertiary/aromatic N) is 2. The molecule has 1 aromatic carbocycles. The van der Waals surface area contributed by atoms with Crippen molar-refractivity contribution in [3.63, 3.8) is 0 Å². The summed E-state index contributed by atoms with van der Waals surface area (Å²) in [6.07, 6.45) is 0. The van der Waals surface area contributed by atoms with E-state index in [4.69, 9.17) is 5.11 Å². The molecule has 1 aromatic rings. The van der Waals surface area contributed by atoms with Gasteiger partial charge in [-0.3, -0.25) is 25.0 Å². The Morgan fingerprint density at radius 1 is 1.37 bits per heavy atom. The van der Waals surface area contributed by atoms with E-state index >= 15 is 0 Å². The Hall–Kier alpha value is -2.78. The number of hydrogen-bond donors (Lipinski definition) is 2. The van der Waals surface area contributed by atoms with Gasteiger partial charge in [0, 0.05) is 6.07 Å². The molecule has 0 aliphatic heterocycles. The Labute approximate surface area is 105 Å². The second kappa shape index (κ2) is 5.25. The highest BCUT2D eigenvalue weighted by atomic mass is 19.1. The van der Waals surface area contributed by atoms with E-state index < -0.39 is 44.7 Å². The van der Waals surface area contributed by atoms with Crippen LogP contribution in [0.4, 0.5) is 21.5 Å². The predicted octanol–water partition coefficient (Wildman–Crippen LogP) is 1.53. The lowest BCUT2D eigenvalue weighted by molar-refractivity contribution is -0.398. The molecule has 10 heteroatoms. The molecule has 19 heavy (non-hydrogen) atoms. The van der Waals surface area contributed by atoms with E-state index in [1.165, 1.54) is 6.92 Å². The van der Waals surface area contributed by atoms with Crippen molar-refractivity contribution in [1.29, 1.82) is 0 Å². The fourth-order valence-corrected chi connectivity index (χ4v) is 1.28. The van der Waals surface area contributed by atoms with Crippen molar-refractivity contribution in [2.24, 2.45) is 0 Å². The molecule has 0 aliphatic rings. The first-order chi connectivity index (χ1) is 8.75. The van der Waals surface area contributed by atoms with Gasteiger partial charge in [-0.2, -0.15) is 4.39 Å². The number of anilines is 1. The molecule has 1 rings (SSSR count). The third kappa shape index (κ3) is 2.91. The van der Waals surface area contributed by atoms with Crippen molar-refractivity contribution < 1.29 is 24.1 Å². The Balaban J connectivity index is 3.34. The molecule has 0 fully saturated rings. The van der Waals surface area contributed by atoms with Crippen molar-refractivity contribution in [2.75, 3.05) is 5.32 Å². The number of nitro benzene ring substituents is 2. The van der Waals surface area contributed by atoms with Crippen molar-refractivity contribution in [3.8, 4) is 0 Å². The highest BCUT2D eigenvalue weighted by Gasteiger charge is 2.30. The lowest BCUT2D eigenvalue weighted by Crippen LogP contribution is -2.26. The van der Waals surface area contributed by atoms with Gasteiger partial charge < -0.3 is 10.4 Å². The fourth-order valence-electron chi connectivity index (χ4n) is 1.28. The molecular weight excluding hydrogens is 265 g/mol. The molecule has 0 bridgehead atoms. The smallest absolute Gasteiger partial charge is 0.334 e. The molecule has 0 heterocycles. The number of hydrogen-bond acceptors (Lipinski definition) is 6. The van der Waals surface area contributed by atoms with E-state index in [0.717, 1.165) is 12.1 Å². The summed E-state index contributed by atoms with van der Waals surface area (Å²) in [4.78, 5) is 29.5. The number of carboxylic acid groups (broad SMARTS) is 1. The van der Waals surface area contributed by atoms with Gasteiger partial charge in [0.15, 0.2) is 0 Å². The standard InChI is InChI=1S/C9H8FN3O6/c1-4(9(14)15)11-5-2-3-6(12(16)17)7(10)8(5)13(18)19/h2-4,11H,1H3,(H,14,15)/t4-/m0/s1. The molecule has 0 aromatic heterocycles. The van der Waals surface area contributed by atoms with Gasteiger partial charge in [-0.15, -0.1) is 0 Å². The van der Waals surface area contributed by atoms with E-state index in [9.17, 15) is 29.4 Å². The zero-order valence-corrected chi connectivity index (χ0v) is 9.49. The lowest BCUT2D eigenvalue weighted by atomic mass is 10.2. The Morgan fingerprint density at radius 3 is 2.37 bits per heavy atom. The first kappa shape index (κ1) is 14.3. The van der Waals surface area contributed by atoms with Gasteiger partial charge in [-0.05, 0) is 13.0 Å². The van der Waals surface area contributed by atoms with Gasteiger partial charge in [0.05, 0.1) is 9.85 Å². The van der Waals surface area contributed by atoms with Gasteiger partial charge in [-0.1, -0.05) is 0 Å². The minimum Gasteiger partial charge on any atom is -0.480 e. The SMILES string of the molecule is C[C@H](Nc1ccc([N+](=O)[O-])c(F)c1[N+](=O)[O-])C(=O)O. The number of rotatable bonds is 5. The van der Waals surface area contributed by atoms with Crippen LogP contribution < -0.4 is 5.32 Å². The van der Waals surface area contributed by atoms with Crippen molar-refractivity contribution >= 4 is 23.0 Å². The van der Waals surface area contributed by atoms with E-state index in [1.54, 1.807) is 0 Å². The molecule has 0 saturated heterocycles. The van der Waals surface area contributed by atoms with Crippen LogP contribution in [0, 0.1) is 26.0 Å². The van der Waals surface area contributed by atoms with Crippen LogP contribution in [0.15, 0.2) is 12.1 Å². The number of halogens is 1. The summed E-state index contributed by atoms with van der Waals surface area (Å²) in [7, 11) is 0. The highest BCUT2D eigenvalue weighted by molar-refractivity contribution is 5.79. The summed E-state index contributed by atoms with van der Waals surface area (Å²) in [6.45, 7) is 1.19. The Morgan fingerprint density at radius 2 is 1.95 bits per heavy atom. The molecule has 102 valence electrons. The highest BCUT2D eigenvalue weighted by Crippen LogP contribution is 2.33. The van der Waals surface area contributed by atoms with E-state index in [-0.39, 0.29) is 0 Å². The second-order valence-corrected chi connectivity index (χ2v) is 3.51. The number of carboxylic acids is 1. The number of nitro groups is 2. The number of benzene rings is 1. The average Bonchev–Trinajstić information content (AvgIpc) is 2.27. The zero-order chi connectivity index (χ0) is 14.7. The summed E-state index contributed by atoms with van der Waals surface area (Å²) < 4.78 is 13.6. The molecule has 0 radical (unpaired) electrons. The summed E-state index contributed by atoms with van der Waals surface area (Å²) >= 11 is 0. The molecule has 2 N–H and O–H groups in total. The molecule has 0 saturated carbocycles. The summed E-state index contributed by atoms with van der Waals surface area (Å²) in [5.74, 6) is -2.94. The molecule has 0 aliphatic carbocycles. The third-order valence-corrected chi connectivity index (χ3v) is 2.22. The third-order valence-electron chi connectivity index (χ3n) is 2.22. The van der Waals surface area contributed by atoms with Crippen LogP contribution in [0.5, 0.6) is 0 Å². The first-order valence-corrected chi connectivity index (χ1v) is 4.86. The minimum atomic E-state index is -1.63. The van der Waals surface area contributed by atoms with Crippen LogP contribution in [0.25, 0.3) is 0 Å².